The second-order valence-corrected chi connectivity index (χ2v) is 5.87. The van der Waals surface area contributed by atoms with Crippen LogP contribution in [0.5, 0.6) is 0 Å². The number of esters is 1. The van der Waals surface area contributed by atoms with Crippen molar-refractivity contribution in [3.05, 3.63) is 24.0 Å². The minimum absolute atomic E-state index is 0.0718. The van der Waals surface area contributed by atoms with E-state index in [0.29, 0.717) is 23.9 Å². The SMILES string of the molecule is C/C=C/CC/C(O)=C/C(=O)OC(CC(=O)O)C[N+](C)(C)C. The van der Waals surface area contributed by atoms with Gasteiger partial charge >= 0.3 is 11.9 Å². The van der Waals surface area contributed by atoms with E-state index in [9.17, 15) is 14.7 Å². The standard InChI is InChI=1S/C15H25NO5/c1-5-6-7-8-12(17)9-15(20)21-13(10-14(18)19)11-16(2,3)4/h5-6,9,13H,7-8,10-11H2,1-4H3,(H-,17,18,19,20)/p+1/b6-5+. The van der Waals surface area contributed by atoms with Gasteiger partial charge in [0, 0.05) is 6.42 Å². The first-order chi connectivity index (χ1) is 9.64. The number of carbonyl (C=O) groups is 2. The Morgan fingerprint density at radius 1 is 1.24 bits per heavy atom. The highest BCUT2D eigenvalue weighted by atomic mass is 16.5. The quantitative estimate of drug-likeness (QED) is 0.223. The molecule has 2 N–H and O–H groups in total. The van der Waals surface area contributed by atoms with Crippen LogP contribution < -0.4 is 0 Å². The number of hydrogen-bond donors (Lipinski definition) is 2. The van der Waals surface area contributed by atoms with Crippen molar-refractivity contribution in [1.29, 1.82) is 0 Å². The van der Waals surface area contributed by atoms with Crippen molar-refractivity contribution in [3.63, 3.8) is 0 Å². The fourth-order valence-electron chi connectivity index (χ4n) is 1.75. The minimum Gasteiger partial charge on any atom is -0.512 e. The van der Waals surface area contributed by atoms with Crippen molar-refractivity contribution >= 4 is 11.9 Å². The molecule has 0 spiro atoms. The van der Waals surface area contributed by atoms with Gasteiger partial charge in [-0.25, -0.2) is 4.79 Å². The molecule has 21 heavy (non-hydrogen) atoms. The summed E-state index contributed by atoms with van der Waals surface area (Å²) in [5, 5.41) is 18.4. The number of nitrogens with zero attached hydrogens (tertiary/aromatic N) is 1. The number of carboxylic acid groups (broad SMARTS) is 1. The molecule has 0 rings (SSSR count). The van der Waals surface area contributed by atoms with Crippen molar-refractivity contribution in [3.8, 4) is 0 Å². The van der Waals surface area contributed by atoms with E-state index in [1.807, 2.05) is 40.2 Å². The third-order valence-corrected chi connectivity index (χ3v) is 2.52. The average molecular weight is 300 g/mol. The molecular formula is C15H26NO5+. The normalized spacial score (nSPS) is 14.2. The van der Waals surface area contributed by atoms with Gasteiger partial charge in [-0.3, -0.25) is 4.79 Å². The fourth-order valence-corrected chi connectivity index (χ4v) is 1.75. The van der Waals surface area contributed by atoms with Crippen LogP contribution in [0.2, 0.25) is 0 Å². The van der Waals surface area contributed by atoms with Crippen LogP contribution in [0.15, 0.2) is 24.0 Å². The van der Waals surface area contributed by atoms with Crippen molar-refractivity contribution < 1.29 is 29.0 Å². The number of carboxylic acids is 1. The maximum atomic E-state index is 11.7. The third kappa shape index (κ3) is 11.7. The molecule has 0 heterocycles. The topological polar surface area (TPSA) is 83.8 Å². The zero-order valence-corrected chi connectivity index (χ0v) is 13.2. The van der Waals surface area contributed by atoms with E-state index in [1.54, 1.807) is 0 Å². The van der Waals surface area contributed by atoms with Gasteiger partial charge in [0.15, 0.2) is 6.10 Å². The van der Waals surface area contributed by atoms with E-state index in [-0.39, 0.29) is 12.2 Å². The first-order valence-corrected chi connectivity index (χ1v) is 6.87. The Bertz CT molecular complexity index is 407. The number of carbonyl (C=O) groups excluding carboxylic acids is 1. The van der Waals surface area contributed by atoms with Crippen molar-refractivity contribution in [2.24, 2.45) is 0 Å². The summed E-state index contributed by atoms with van der Waals surface area (Å²) in [5.74, 6) is -1.81. The zero-order chi connectivity index (χ0) is 16.5. The Morgan fingerprint density at radius 3 is 2.33 bits per heavy atom. The molecule has 0 aliphatic carbocycles. The van der Waals surface area contributed by atoms with Gasteiger partial charge in [0.25, 0.3) is 0 Å². The number of aliphatic carboxylic acids is 1. The van der Waals surface area contributed by atoms with Crippen LogP contribution in [0.25, 0.3) is 0 Å². The van der Waals surface area contributed by atoms with Gasteiger partial charge in [-0.2, -0.15) is 0 Å². The highest BCUT2D eigenvalue weighted by molar-refractivity contribution is 5.82. The number of allylic oxidation sites excluding steroid dienone is 3. The van der Waals surface area contributed by atoms with Gasteiger partial charge in [-0.15, -0.1) is 0 Å². The molecule has 0 aliphatic rings. The van der Waals surface area contributed by atoms with E-state index in [0.717, 1.165) is 6.08 Å². The molecule has 1 atom stereocenters. The molecule has 0 fully saturated rings. The number of quaternary nitrogens is 1. The maximum Gasteiger partial charge on any atom is 0.334 e. The number of likely N-dealkylation sites (N-methyl/N-ethyl adjacent to an activating group) is 1. The molecule has 0 aromatic heterocycles. The first kappa shape index (κ1) is 19.2. The van der Waals surface area contributed by atoms with Crippen molar-refractivity contribution in [2.75, 3.05) is 27.7 Å². The van der Waals surface area contributed by atoms with Gasteiger partial charge in [0.1, 0.15) is 6.54 Å². The largest absolute Gasteiger partial charge is 0.512 e. The van der Waals surface area contributed by atoms with Gasteiger partial charge in [-0.1, -0.05) is 12.2 Å². The summed E-state index contributed by atoms with van der Waals surface area (Å²) in [6.07, 6.45) is 4.73. The maximum absolute atomic E-state index is 11.7. The summed E-state index contributed by atoms with van der Waals surface area (Å²) in [4.78, 5) is 22.5. The van der Waals surface area contributed by atoms with Crippen LogP contribution in [0.1, 0.15) is 26.2 Å². The predicted molar refractivity (Wildman–Crippen MR) is 79.8 cm³/mol. The number of rotatable bonds is 9. The van der Waals surface area contributed by atoms with Crippen LogP contribution >= 0.6 is 0 Å². The molecule has 6 nitrogen and oxygen atoms in total. The molecule has 0 amide bonds. The van der Waals surface area contributed by atoms with Gasteiger partial charge in [0.2, 0.25) is 0 Å². The molecule has 0 aromatic carbocycles. The second-order valence-electron chi connectivity index (χ2n) is 5.87. The molecule has 0 saturated carbocycles. The lowest BCUT2D eigenvalue weighted by Gasteiger charge is -2.28. The number of ether oxygens (including phenoxy) is 1. The number of aliphatic hydroxyl groups is 1. The first-order valence-electron chi connectivity index (χ1n) is 6.87. The highest BCUT2D eigenvalue weighted by Gasteiger charge is 2.24. The fraction of sp³-hybridized carbons (Fsp3) is 0.600. The highest BCUT2D eigenvalue weighted by Crippen LogP contribution is 2.08. The van der Waals surface area contributed by atoms with E-state index >= 15 is 0 Å². The molecule has 0 aromatic rings. The van der Waals surface area contributed by atoms with E-state index in [2.05, 4.69) is 0 Å². The van der Waals surface area contributed by atoms with Gasteiger partial charge in [0.05, 0.1) is 39.4 Å². The average Bonchev–Trinajstić information content (AvgIpc) is 2.25. The lowest BCUT2D eigenvalue weighted by Crippen LogP contribution is -2.43. The summed E-state index contributed by atoms with van der Waals surface area (Å²) in [6.45, 7) is 2.25. The molecule has 120 valence electrons. The second kappa shape index (κ2) is 9.18. The summed E-state index contributed by atoms with van der Waals surface area (Å²) in [5.41, 5.74) is 0. The Hall–Kier alpha value is -1.82. The number of aliphatic hydroxyl groups excluding tert-OH is 1. The summed E-state index contributed by atoms with van der Waals surface area (Å²) in [7, 11) is 5.65. The summed E-state index contributed by atoms with van der Waals surface area (Å²) < 4.78 is 5.60. The minimum atomic E-state index is -1.03. The lowest BCUT2D eigenvalue weighted by molar-refractivity contribution is -0.873. The van der Waals surface area contributed by atoms with Crippen LogP contribution in [0, 0.1) is 0 Å². The Balaban J connectivity index is 4.57. The molecular weight excluding hydrogens is 274 g/mol. The van der Waals surface area contributed by atoms with Crippen LogP contribution in [0.4, 0.5) is 0 Å². The Kier molecular flexibility index (Phi) is 8.38. The van der Waals surface area contributed by atoms with Crippen LogP contribution in [0.3, 0.4) is 0 Å². The smallest absolute Gasteiger partial charge is 0.334 e. The van der Waals surface area contributed by atoms with E-state index in [1.165, 1.54) is 0 Å². The van der Waals surface area contributed by atoms with Crippen LogP contribution in [-0.4, -0.2) is 60.4 Å². The number of hydrogen-bond acceptors (Lipinski definition) is 4. The van der Waals surface area contributed by atoms with Crippen molar-refractivity contribution in [2.45, 2.75) is 32.3 Å². The van der Waals surface area contributed by atoms with Gasteiger partial charge in [-0.05, 0) is 13.3 Å². The monoisotopic (exact) mass is 300 g/mol. The van der Waals surface area contributed by atoms with E-state index in [4.69, 9.17) is 9.84 Å². The lowest BCUT2D eigenvalue weighted by atomic mass is 10.2. The summed E-state index contributed by atoms with van der Waals surface area (Å²) in [6, 6.07) is 0. The molecule has 1 unspecified atom stereocenters. The predicted octanol–water partition coefficient (Wildman–Crippen LogP) is 1.88. The zero-order valence-electron chi connectivity index (χ0n) is 13.2. The van der Waals surface area contributed by atoms with E-state index < -0.39 is 18.0 Å². The molecule has 0 bridgehead atoms. The molecule has 0 saturated heterocycles. The van der Waals surface area contributed by atoms with Gasteiger partial charge < -0.3 is 19.4 Å². The van der Waals surface area contributed by atoms with Crippen molar-refractivity contribution in [1.82, 2.24) is 0 Å². The molecule has 0 radical (unpaired) electrons. The molecule has 0 aliphatic heterocycles. The Labute approximate surface area is 125 Å². The summed E-state index contributed by atoms with van der Waals surface area (Å²) >= 11 is 0. The molecule has 6 heteroatoms. The third-order valence-electron chi connectivity index (χ3n) is 2.52. The Morgan fingerprint density at radius 2 is 1.86 bits per heavy atom. The van der Waals surface area contributed by atoms with Crippen LogP contribution in [-0.2, 0) is 14.3 Å².